The summed E-state index contributed by atoms with van der Waals surface area (Å²) in [5.41, 5.74) is 3.41. The molecule has 3 N–H and O–H groups in total. The first-order valence-corrected chi connectivity index (χ1v) is 17.0. The van der Waals surface area contributed by atoms with Crippen molar-refractivity contribution in [3.63, 3.8) is 0 Å². The maximum Gasteiger partial charge on any atom is 0.153 e. The van der Waals surface area contributed by atoms with Gasteiger partial charge in [0, 0.05) is 27.5 Å². The second-order valence-electron chi connectivity index (χ2n) is 17.3. The average molecular weight is 677 g/mol. The molecular weight excluding hydrogens is 624 g/mol. The van der Waals surface area contributed by atoms with Crippen LogP contribution in [-0.4, -0.2) is 34.2 Å². The van der Waals surface area contributed by atoms with Gasteiger partial charge in [-0.05, 0) is 69.2 Å². The zero-order valence-corrected chi connectivity index (χ0v) is 31.6. The van der Waals surface area contributed by atoms with E-state index in [0.717, 1.165) is 27.8 Å². The molecule has 6 nitrogen and oxygen atoms in total. The van der Waals surface area contributed by atoms with Gasteiger partial charge >= 0.3 is 0 Å². The van der Waals surface area contributed by atoms with E-state index in [0.29, 0.717) is 35.5 Å². The Balaban J connectivity index is 2.14. The predicted molar refractivity (Wildman–Crippen MR) is 201 cm³/mol. The molecule has 0 aliphatic rings. The van der Waals surface area contributed by atoms with Gasteiger partial charge in [-0.25, -0.2) is 0 Å². The molecule has 50 heavy (non-hydrogen) atoms. The van der Waals surface area contributed by atoms with Crippen molar-refractivity contribution in [3.8, 4) is 17.2 Å². The molecule has 0 aliphatic carbocycles. The molecule has 6 heteroatoms. The van der Waals surface area contributed by atoms with Gasteiger partial charge in [0.05, 0.1) is 16.7 Å². The zero-order chi connectivity index (χ0) is 37.8. The van der Waals surface area contributed by atoms with Crippen LogP contribution in [0, 0.1) is 0 Å². The Labute approximate surface area is 297 Å². The lowest BCUT2D eigenvalue weighted by atomic mass is 9.66. The lowest BCUT2D eigenvalue weighted by Crippen LogP contribution is -2.29. The highest BCUT2D eigenvalue weighted by atomic mass is 16.3. The normalized spacial score (nSPS) is 12.9. The first kappa shape index (κ1) is 38.1. The zero-order valence-electron chi connectivity index (χ0n) is 31.6. The van der Waals surface area contributed by atoms with E-state index >= 15 is 0 Å². The minimum absolute atomic E-state index is 0.0192. The number of phenols is 3. The highest BCUT2D eigenvalue weighted by Gasteiger charge is 2.38. The van der Waals surface area contributed by atoms with Crippen LogP contribution in [0.25, 0.3) is 0 Å². The van der Waals surface area contributed by atoms with Gasteiger partial charge < -0.3 is 15.3 Å². The van der Waals surface area contributed by atoms with Gasteiger partial charge in [-0.1, -0.05) is 119 Å². The van der Waals surface area contributed by atoms with Gasteiger partial charge in [0.2, 0.25) is 0 Å². The first-order chi connectivity index (χ1) is 22.9. The number of benzene rings is 4. The van der Waals surface area contributed by atoms with Crippen LogP contribution < -0.4 is 0 Å². The number of carbonyl (C=O) groups excluding carboxylic acids is 3. The van der Waals surface area contributed by atoms with E-state index in [1.165, 1.54) is 0 Å². The molecule has 0 atom stereocenters. The van der Waals surface area contributed by atoms with Crippen LogP contribution in [0.3, 0.4) is 0 Å². The number of rotatable bonds is 8. The summed E-state index contributed by atoms with van der Waals surface area (Å²) in [6.45, 7) is 24.0. The number of carbonyl (C=O) groups is 3. The smallest absolute Gasteiger partial charge is 0.153 e. The molecule has 0 fully saturated rings. The maximum absolute atomic E-state index is 12.4. The first-order valence-electron chi connectivity index (χ1n) is 17.0. The minimum atomic E-state index is -0.998. The number of aromatic hydroxyl groups is 3. The number of hydrogen-bond donors (Lipinski definition) is 3. The molecule has 4 rings (SSSR count). The summed E-state index contributed by atoms with van der Waals surface area (Å²) < 4.78 is 0. The summed E-state index contributed by atoms with van der Waals surface area (Å²) in [4.78, 5) is 37.0. The van der Waals surface area contributed by atoms with Crippen molar-refractivity contribution >= 4 is 18.9 Å². The van der Waals surface area contributed by atoms with Crippen molar-refractivity contribution in [2.75, 3.05) is 0 Å². The third-order valence-electron chi connectivity index (χ3n) is 10.3. The van der Waals surface area contributed by atoms with E-state index in [-0.39, 0.29) is 33.9 Å². The summed E-state index contributed by atoms with van der Waals surface area (Å²) in [5.74, 6) is -0.165. The Hall–Kier alpha value is -4.71. The molecule has 0 bridgehead atoms. The van der Waals surface area contributed by atoms with E-state index in [9.17, 15) is 29.7 Å². The SMILES string of the molecule is CC(C)(C)c1cc(C(C)(C)c2cccc(C(C)(c3cc(C=O)c(O)c(C(C)(C)C)c3)c3cc(C=O)c(O)c(C(C)(C)C)c3)c2)cc(C=O)c1O. The average Bonchev–Trinajstić information content (AvgIpc) is 3.02. The fraction of sp³-hybridized carbons (Fsp3) is 0.386. The molecule has 4 aromatic carbocycles. The van der Waals surface area contributed by atoms with Crippen LogP contribution in [-0.2, 0) is 27.1 Å². The quantitative estimate of drug-likeness (QED) is 0.127. The molecule has 0 saturated carbocycles. The van der Waals surface area contributed by atoms with Crippen molar-refractivity contribution in [2.24, 2.45) is 0 Å². The molecule has 4 aromatic rings. The maximum atomic E-state index is 12.4. The second kappa shape index (κ2) is 12.9. The molecule has 0 aliphatic heterocycles. The van der Waals surface area contributed by atoms with E-state index < -0.39 is 27.1 Å². The van der Waals surface area contributed by atoms with Gasteiger partial charge in [0.25, 0.3) is 0 Å². The molecule has 0 spiro atoms. The molecule has 0 heterocycles. The van der Waals surface area contributed by atoms with Crippen LogP contribution >= 0.6 is 0 Å². The van der Waals surface area contributed by atoms with Crippen molar-refractivity contribution in [1.29, 1.82) is 0 Å². The second-order valence-corrected chi connectivity index (χ2v) is 17.3. The lowest BCUT2D eigenvalue weighted by molar-refractivity contribution is 0.111. The van der Waals surface area contributed by atoms with Gasteiger partial charge in [-0.15, -0.1) is 0 Å². The van der Waals surface area contributed by atoms with Crippen molar-refractivity contribution in [1.82, 2.24) is 0 Å². The van der Waals surface area contributed by atoms with Crippen LogP contribution in [0.5, 0.6) is 17.2 Å². The fourth-order valence-corrected chi connectivity index (χ4v) is 6.78. The van der Waals surface area contributed by atoms with Crippen LogP contribution in [0.15, 0.2) is 60.7 Å². The Morgan fingerprint density at radius 3 is 1.08 bits per heavy atom. The summed E-state index contributed by atoms with van der Waals surface area (Å²) in [6, 6.07) is 19.0. The Morgan fingerprint density at radius 1 is 0.420 bits per heavy atom. The molecule has 0 radical (unpaired) electrons. The summed E-state index contributed by atoms with van der Waals surface area (Å²) >= 11 is 0. The van der Waals surface area contributed by atoms with E-state index in [2.05, 4.69) is 19.9 Å². The highest BCUT2D eigenvalue weighted by Crippen LogP contribution is 2.48. The molecule has 0 saturated heterocycles. The lowest BCUT2D eigenvalue weighted by Gasteiger charge is -2.37. The monoisotopic (exact) mass is 676 g/mol. The Kier molecular flexibility index (Phi) is 9.81. The van der Waals surface area contributed by atoms with Gasteiger partial charge in [-0.2, -0.15) is 0 Å². The Morgan fingerprint density at radius 2 is 0.740 bits per heavy atom. The molecule has 0 amide bonds. The van der Waals surface area contributed by atoms with Gasteiger partial charge in [-0.3, -0.25) is 14.4 Å². The van der Waals surface area contributed by atoms with E-state index in [1.807, 2.05) is 106 Å². The number of aldehydes is 3. The van der Waals surface area contributed by atoms with Crippen molar-refractivity contribution in [2.45, 2.75) is 110 Å². The fourth-order valence-electron chi connectivity index (χ4n) is 6.78. The van der Waals surface area contributed by atoms with E-state index in [4.69, 9.17) is 0 Å². The van der Waals surface area contributed by atoms with Crippen LogP contribution in [0.1, 0.15) is 159 Å². The minimum Gasteiger partial charge on any atom is -0.507 e. The highest BCUT2D eigenvalue weighted by molar-refractivity contribution is 5.83. The molecule has 0 unspecified atom stereocenters. The van der Waals surface area contributed by atoms with Gasteiger partial charge in [0.15, 0.2) is 18.9 Å². The topological polar surface area (TPSA) is 112 Å². The Bertz CT molecular complexity index is 1900. The summed E-state index contributed by atoms with van der Waals surface area (Å²) in [6.07, 6.45) is 2.00. The third-order valence-corrected chi connectivity index (χ3v) is 10.3. The van der Waals surface area contributed by atoms with Crippen molar-refractivity contribution < 1.29 is 29.7 Å². The third kappa shape index (κ3) is 6.73. The summed E-state index contributed by atoms with van der Waals surface area (Å²) in [5, 5.41) is 33.3. The van der Waals surface area contributed by atoms with Crippen LogP contribution in [0.2, 0.25) is 0 Å². The summed E-state index contributed by atoms with van der Waals surface area (Å²) in [7, 11) is 0. The molecular formula is C44H52O6. The molecule has 264 valence electrons. The van der Waals surface area contributed by atoms with Gasteiger partial charge in [0.1, 0.15) is 17.2 Å². The van der Waals surface area contributed by atoms with Crippen LogP contribution in [0.4, 0.5) is 0 Å². The largest absolute Gasteiger partial charge is 0.507 e. The van der Waals surface area contributed by atoms with Crippen molar-refractivity contribution in [3.05, 3.63) is 122 Å². The number of hydrogen-bond acceptors (Lipinski definition) is 6. The molecule has 0 aromatic heterocycles. The predicted octanol–water partition coefficient (Wildman–Crippen LogP) is 9.81. The number of phenolic OH excluding ortho intramolecular Hbond substituents is 3. The standard InChI is InChI=1S/C44H52O6/c1-40(2,3)34-20-31(16-26(23-45)37(34)48)43(10,11)29-14-13-15-30(19-29)44(12,32-17-27(24-46)38(49)35(21-32)41(4,5)6)33-18-28(25-47)39(50)36(22-33)42(7,8)9/h13-25,48-50H,1-12H3. The van der Waals surface area contributed by atoms with E-state index in [1.54, 1.807) is 18.2 Å².